The maximum absolute atomic E-state index is 8.52. The van der Waals surface area contributed by atoms with E-state index in [2.05, 4.69) is 10.2 Å². The van der Waals surface area contributed by atoms with Crippen molar-refractivity contribution < 1.29 is 9.84 Å². The quantitative estimate of drug-likeness (QED) is 0.635. The molecule has 0 radical (unpaired) electrons. The SMILES string of the molecule is NC(=S)c1ccnnc1OCCO. The van der Waals surface area contributed by atoms with Crippen LogP contribution in [0.4, 0.5) is 0 Å². The van der Waals surface area contributed by atoms with E-state index in [0.29, 0.717) is 5.56 Å². The molecule has 6 heteroatoms. The Labute approximate surface area is 80.5 Å². The van der Waals surface area contributed by atoms with E-state index in [1.807, 2.05) is 0 Å². The zero-order chi connectivity index (χ0) is 9.68. The number of nitrogens with two attached hydrogens (primary N) is 1. The number of aliphatic hydroxyl groups is 1. The molecule has 5 nitrogen and oxygen atoms in total. The minimum Gasteiger partial charge on any atom is -0.474 e. The van der Waals surface area contributed by atoms with E-state index in [9.17, 15) is 0 Å². The zero-order valence-corrected chi connectivity index (χ0v) is 7.62. The van der Waals surface area contributed by atoms with Gasteiger partial charge in [0.25, 0.3) is 0 Å². The van der Waals surface area contributed by atoms with Crippen molar-refractivity contribution in [3.8, 4) is 5.88 Å². The van der Waals surface area contributed by atoms with Gasteiger partial charge in [0.1, 0.15) is 11.6 Å². The number of rotatable bonds is 4. The molecule has 1 aromatic heterocycles. The Bertz CT molecular complexity index is 306. The monoisotopic (exact) mass is 199 g/mol. The molecule has 0 saturated heterocycles. The molecule has 70 valence electrons. The maximum Gasteiger partial charge on any atom is 0.243 e. The molecular weight excluding hydrogens is 190 g/mol. The van der Waals surface area contributed by atoms with Crippen LogP contribution in [-0.2, 0) is 0 Å². The van der Waals surface area contributed by atoms with Crippen LogP contribution in [0.2, 0.25) is 0 Å². The van der Waals surface area contributed by atoms with Crippen molar-refractivity contribution >= 4 is 17.2 Å². The summed E-state index contributed by atoms with van der Waals surface area (Å²) in [6.07, 6.45) is 1.47. The van der Waals surface area contributed by atoms with Crippen molar-refractivity contribution in [3.63, 3.8) is 0 Å². The van der Waals surface area contributed by atoms with Gasteiger partial charge in [-0.15, -0.1) is 5.10 Å². The van der Waals surface area contributed by atoms with E-state index in [4.69, 9.17) is 27.8 Å². The molecule has 0 aliphatic rings. The fourth-order valence-electron chi connectivity index (χ4n) is 0.755. The van der Waals surface area contributed by atoms with Gasteiger partial charge < -0.3 is 15.6 Å². The number of hydrogen-bond acceptors (Lipinski definition) is 5. The lowest BCUT2D eigenvalue weighted by atomic mass is 10.3. The first-order valence-corrected chi connectivity index (χ1v) is 4.01. The number of hydrogen-bond donors (Lipinski definition) is 2. The van der Waals surface area contributed by atoms with Crippen molar-refractivity contribution in [3.05, 3.63) is 17.8 Å². The molecule has 0 saturated carbocycles. The van der Waals surface area contributed by atoms with E-state index in [-0.39, 0.29) is 24.1 Å². The van der Waals surface area contributed by atoms with Gasteiger partial charge in [0, 0.05) is 0 Å². The summed E-state index contributed by atoms with van der Waals surface area (Å²) < 4.78 is 5.06. The highest BCUT2D eigenvalue weighted by molar-refractivity contribution is 7.80. The van der Waals surface area contributed by atoms with E-state index in [1.165, 1.54) is 6.20 Å². The van der Waals surface area contributed by atoms with Gasteiger partial charge in [-0.25, -0.2) is 0 Å². The predicted molar refractivity (Wildman–Crippen MR) is 50.5 cm³/mol. The van der Waals surface area contributed by atoms with Crippen molar-refractivity contribution in [1.29, 1.82) is 0 Å². The van der Waals surface area contributed by atoms with Crippen molar-refractivity contribution in [2.45, 2.75) is 0 Å². The highest BCUT2D eigenvalue weighted by Gasteiger charge is 2.06. The number of thiocarbonyl (C=S) groups is 1. The number of aliphatic hydroxyl groups excluding tert-OH is 1. The highest BCUT2D eigenvalue weighted by Crippen LogP contribution is 2.11. The summed E-state index contributed by atoms with van der Waals surface area (Å²) in [4.78, 5) is 0.197. The second-order valence-corrected chi connectivity index (χ2v) is 2.63. The smallest absolute Gasteiger partial charge is 0.243 e. The minimum atomic E-state index is -0.0899. The Morgan fingerprint density at radius 3 is 3.08 bits per heavy atom. The number of nitrogens with zero attached hydrogens (tertiary/aromatic N) is 2. The third kappa shape index (κ3) is 2.60. The third-order valence-electron chi connectivity index (χ3n) is 1.28. The van der Waals surface area contributed by atoms with E-state index < -0.39 is 0 Å². The van der Waals surface area contributed by atoms with Crippen LogP contribution in [0.25, 0.3) is 0 Å². The largest absolute Gasteiger partial charge is 0.474 e. The van der Waals surface area contributed by atoms with Crippen LogP contribution < -0.4 is 10.5 Å². The van der Waals surface area contributed by atoms with Gasteiger partial charge in [-0.1, -0.05) is 12.2 Å². The van der Waals surface area contributed by atoms with Gasteiger partial charge in [-0.3, -0.25) is 0 Å². The molecular formula is C7H9N3O2S. The predicted octanol–water partition coefficient (Wildman–Crippen LogP) is -0.518. The van der Waals surface area contributed by atoms with Gasteiger partial charge in [-0.05, 0) is 6.07 Å². The highest BCUT2D eigenvalue weighted by atomic mass is 32.1. The summed E-state index contributed by atoms with van der Waals surface area (Å²) in [6.45, 7) is 0.0572. The Hall–Kier alpha value is -1.27. The summed E-state index contributed by atoms with van der Waals surface area (Å²) >= 11 is 4.77. The van der Waals surface area contributed by atoms with Gasteiger partial charge >= 0.3 is 0 Å². The molecule has 13 heavy (non-hydrogen) atoms. The minimum absolute atomic E-state index is 0.0899. The van der Waals surface area contributed by atoms with Crippen molar-refractivity contribution in [2.75, 3.05) is 13.2 Å². The van der Waals surface area contributed by atoms with Crippen molar-refractivity contribution in [2.24, 2.45) is 5.73 Å². The standard InChI is InChI=1S/C7H9N3O2S/c8-6(13)5-1-2-9-10-7(5)12-4-3-11/h1-2,11H,3-4H2,(H2,8,13). The number of ether oxygens (including phenoxy) is 1. The van der Waals surface area contributed by atoms with Gasteiger partial charge in [0.05, 0.1) is 18.4 Å². The Kier molecular flexibility index (Phi) is 3.53. The molecule has 0 aliphatic carbocycles. The molecule has 1 heterocycles. The average molecular weight is 199 g/mol. The summed E-state index contributed by atoms with van der Waals surface area (Å²) in [6, 6.07) is 1.61. The van der Waals surface area contributed by atoms with Gasteiger partial charge in [0.15, 0.2) is 0 Å². The molecule has 0 fully saturated rings. The van der Waals surface area contributed by atoms with Crippen LogP contribution in [0.15, 0.2) is 12.3 Å². The van der Waals surface area contributed by atoms with E-state index >= 15 is 0 Å². The summed E-state index contributed by atoms with van der Waals surface area (Å²) in [5.41, 5.74) is 5.93. The fraction of sp³-hybridized carbons (Fsp3) is 0.286. The molecule has 0 aromatic carbocycles. The molecule has 0 unspecified atom stereocenters. The second kappa shape index (κ2) is 4.68. The van der Waals surface area contributed by atoms with Crippen LogP contribution in [0, 0.1) is 0 Å². The maximum atomic E-state index is 8.52. The summed E-state index contributed by atoms with van der Waals surface area (Å²) in [5, 5.41) is 15.8. The number of aromatic nitrogens is 2. The lowest BCUT2D eigenvalue weighted by Crippen LogP contribution is -2.14. The zero-order valence-electron chi connectivity index (χ0n) is 6.80. The molecule has 0 aliphatic heterocycles. The molecule has 3 N–H and O–H groups in total. The molecule has 0 atom stereocenters. The second-order valence-electron chi connectivity index (χ2n) is 2.19. The normalized spacial score (nSPS) is 9.62. The van der Waals surface area contributed by atoms with Crippen LogP contribution >= 0.6 is 12.2 Å². The van der Waals surface area contributed by atoms with E-state index in [1.54, 1.807) is 6.07 Å². The van der Waals surface area contributed by atoms with Gasteiger partial charge in [-0.2, -0.15) is 5.10 Å². The molecule has 0 spiro atoms. The first kappa shape index (κ1) is 9.82. The molecule has 1 rings (SSSR count). The van der Waals surface area contributed by atoms with E-state index in [0.717, 1.165) is 0 Å². The molecule has 1 aromatic rings. The summed E-state index contributed by atoms with van der Waals surface area (Å²) in [7, 11) is 0. The fourth-order valence-corrected chi connectivity index (χ4v) is 0.911. The van der Waals surface area contributed by atoms with Crippen LogP contribution in [-0.4, -0.2) is 33.5 Å². The molecule has 0 amide bonds. The Morgan fingerprint density at radius 2 is 2.46 bits per heavy atom. The summed E-state index contributed by atoms with van der Waals surface area (Å²) in [5.74, 6) is 0.254. The Morgan fingerprint density at radius 1 is 1.69 bits per heavy atom. The van der Waals surface area contributed by atoms with Crippen LogP contribution in [0.5, 0.6) is 5.88 Å². The average Bonchev–Trinajstić information content (AvgIpc) is 2.15. The first-order valence-electron chi connectivity index (χ1n) is 3.61. The molecule has 0 bridgehead atoms. The van der Waals surface area contributed by atoms with Crippen LogP contribution in [0.3, 0.4) is 0 Å². The Balaban J connectivity index is 2.84. The third-order valence-corrected chi connectivity index (χ3v) is 1.50. The lowest BCUT2D eigenvalue weighted by molar-refractivity contribution is 0.195. The van der Waals surface area contributed by atoms with Gasteiger partial charge in [0.2, 0.25) is 5.88 Å². The first-order chi connectivity index (χ1) is 6.25. The topological polar surface area (TPSA) is 81.3 Å². The lowest BCUT2D eigenvalue weighted by Gasteiger charge is -2.05. The van der Waals surface area contributed by atoms with Crippen LogP contribution in [0.1, 0.15) is 5.56 Å². The van der Waals surface area contributed by atoms with Crippen molar-refractivity contribution in [1.82, 2.24) is 10.2 Å².